The van der Waals surface area contributed by atoms with Gasteiger partial charge in [-0.2, -0.15) is 0 Å². The van der Waals surface area contributed by atoms with Crippen molar-refractivity contribution in [1.29, 1.82) is 0 Å². The minimum absolute atomic E-state index is 0.303. The van der Waals surface area contributed by atoms with Crippen LogP contribution in [0.4, 0.5) is 4.79 Å². The van der Waals surface area contributed by atoms with E-state index >= 15 is 0 Å². The number of urea groups is 1. The largest absolute Gasteiger partial charge is 0.497 e. The number of rotatable bonds is 6. The third-order valence-electron chi connectivity index (χ3n) is 4.90. The first-order valence-corrected chi connectivity index (χ1v) is 8.91. The molecule has 3 amide bonds. The number of ketones is 1. The number of carbonyl (C=O) groups is 3. The molecule has 1 atom stereocenters. The molecule has 0 spiro atoms. The van der Waals surface area contributed by atoms with E-state index in [1.54, 1.807) is 24.3 Å². The van der Waals surface area contributed by atoms with Gasteiger partial charge in [-0.15, -0.1) is 0 Å². The van der Waals surface area contributed by atoms with Gasteiger partial charge in [-0.1, -0.05) is 30.3 Å². The molecule has 1 saturated heterocycles. The second-order valence-corrected chi connectivity index (χ2v) is 6.65. The van der Waals surface area contributed by atoms with Crippen molar-refractivity contribution in [1.82, 2.24) is 15.2 Å². The van der Waals surface area contributed by atoms with E-state index in [-0.39, 0.29) is 12.3 Å². The number of fused-ring (bicyclic) bond motifs is 1. The average Bonchev–Trinajstić information content (AvgIpc) is 3.24. The van der Waals surface area contributed by atoms with Gasteiger partial charge in [0.05, 0.1) is 13.7 Å². The maximum Gasteiger partial charge on any atom is 0.325 e. The van der Waals surface area contributed by atoms with Gasteiger partial charge in [0.25, 0.3) is 5.91 Å². The molecule has 0 aliphatic carbocycles. The predicted octanol–water partition coefficient (Wildman–Crippen LogP) is 2.52. The number of nitrogens with one attached hydrogen (secondary N) is 2. The number of carbonyl (C=O) groups excluding carboxylic acids is 3. The molecule has 1 fully saturated rings. The lowest BCUT2D eigenvalue weighted by Gasteiger charge is -2.12. The summed E-state index contributed by atoms with van der Waals surface area (Å²) >= 11 is 0. The number of methoxy groups -OCH3 is 1. The number of hydrogen-bond donors (Lipinski definition) is 2. The van der Waals surface area contributed by atoms with Crippen molar-refractivity contribution in [2.75, 3.05) is 13.7 Å². The fourth-order valence-corrected chi connectivity index (χ4v) is 3.42. The Hall–Kier alpha value is -3.61. The van der Waals surface area contributed by atoms with Crippen molar-refractivity contribution >= 4 is 28.6 Å². The van der Waals surface area contributed by atoms with Crippen molar-refractivity contribution in [2.24, 2.45) is 0 Å². The Morgan fingerprint density at radius 2 is 1.96 bits per heavy atom. The molecular formula is C21H19N3O4. The number of aromatic amines is 1. The average molecular weight is 377 g/mol. The highest BCUT2D eigenvalue weighted by Crippen LogP contribution is 2.21. The Balaban J connectivity index is 1.48. The molecule has 0 saturated carbocycles. The number of nitrogens with zero attached hydrogens (tertiary/aromatic N) is 1. The third kappa shape index (κ3) is 3.22. The number of amides is 3. The molecule has 2 N–H and O–H groups in total. The minimum atomic E-state index is -0.690. The summed E-state index contributed by atoms with van der Waals surface area (Å²) in [6.45, 7) is -0.303. The molecule has 0 bridgehead atoms. The third-order valence-corrected chi connectivity index (χ3v) is 4.90. The Bertz CT molecular complexity index is 1070. The maximum atomic E-state index is 12.7. The van der Waals surface area contributed by atoms with Crippen LogP contribution in [0.1, 0.15) is 15.9 Å². The summed E-state index contributed by atoms with van der Waals surface area (Å²) in [7, 11) is 1.51. The highest BCUT2D eigenvalue weighted by molar-refractivity contribution is 6.09. The molecule has 0 unspecified atom stereocenters. The molecule has 1 aliphatic heterocycles. The monoisotopic (exact) mass is 377 g/mol. The zero-order chi connectivity index (χ0) is 19.7. The normalized spacial score (nSPS) is 16.5. The van der Waals surface area contributed by atoms with Gasteiger partial charge in [0, 0.05) is 29.1 Å². The quantitative estimate of drug-likeness (QED) is 0.510. The van der Waals surface area contributed by atoms with Crippen LogP contribution < -0.4 is 10.1 Å². The van der Waals surface area contributed by atoms with E-state index in [0.29, 0.717) is 17.7 Å². The van der Waals surface area contributed by atoms with Gasteiger partial charge in [0.2, 0.25) is 0 Å². The lowest BCUT2D eigenvalue weighted by Crippen LogP contribution is -2.36. The van der Waals surface area contributed by atoms with Gasteiger partial charge in [0.1, 0.15) is 11.8 Å². The number of aromatic nitrogens is 1. The first-order valence-electron chi connectivity index (χ1n) is 8.91. The summed E-state index contributed by atoms with van der Waals surface area (Å²) < 4.78 is 5.11. The highest BCUT2D eigenvalue weighted by atomic mass is 16.5. The van der Waals surface area contributed by atoms with Gasteiger partial charge < -0.3 is 15.0 Å². The molecule has 1 aromatic heterocycles. The summed E-state index contributed by atoms with van der Waals surface area (Å²) in [6, 6.07) is 13.2. The number of ether oxygens (including phenoxy) is 1. The zero-order valence-electron chi connectivity index (χ0n) is 15.3. The second-order valence-electron chi connectivity index (χ2n) is 6.65. The lowest BCUT2D eigenvalue weighted by molar-refractivity contribution is -0.127. The molecule has 142 valence electrons. The molecule has 1 aliphatic rings. The summed E-state index contributed by atoms with van der Waals surface area (Å²) in [5.41, 5.74) is 2.30. The van der Waals surface area contributed by atoms with Gasteiger partial charge in [-0.3, -0.25) is 14.5 Å². The van der Waals surface area contributed by atoms with Crippen molar-refractivity contribution < 1.29 is 19.1 Å². The Morgan fingerprint density at radius 3 is 2.79 bits per heavy atom. The van der Waals surface area contributed by atoms with Crippen molar-refractivity contribution in [2.45, 2.75) is 12.5 Å². The summed E-state index contributed by atoms with van der Waals surface area (Å²) in [5.74, 6) is -0.179. The molecule has 2 aromatic carbocycles. The van der Waals surface area contributed by atoms with E-state index in [0.717, 1.165) is 21.4 Å². The summed E-state index contributed by atoms with van der Waals surface area (Å²) in [5, 5.41) is 3.69. The Labute approximate surface area is 161 Å². The number of benzene rings is 2. The maximum absolute atomic E-state index is 12.7. The van der Waals surface area contributed by atoms with Crippen LogP contribution in [-0.4, -0.2) is 47.3 Å². The second kappa shape index (κ2) is 7.19. The van der Waals surface area contributed by atoms with Gasteiger partial charge >= 0.3 is 6.03 Å². The molecule has 3 aromatic rings. The van der Waals surface area contributed by atoms with E-state index in [1.807, 2.05) is 30.5 Å². The highest BCUT2D eigenvalue weighted by Gasteiger charge is 2.39. The van der Waals surface area contributed by atoms with E-state index in [9.17, 15) is 14.4 Å². The van der Waals surface area contributed by atoms with E-state index < -0.39 is 18.0 Å². The van der Waals surface area contributed by atoms with Crippen LogP contribution in [0.3, 0.4) is 0 Å². The Kier molecular flexibility index (Phi) is 4.57. The molecule has 2 heterocycles. The SMILES string of the molecule is COc1cccc(C(=O)CN2C(=O)N[C@H](Cc3c[nH]c4ccccc34)C2=O)c1. The van der Waals surface area contributed by atoms with Crippen LogP contribution in [0.2, 0.25) is 0 Å². The summed E-state index contributed by atoms with van der Waals surface area (Å²) in [6.07, 6.45) is 2.20. The number of H-pyrrole nitrogens is 1. The van der Waals surface area contributed by atoms with Crippen LogP contribution >= 0.6 is 0 Å². The molecular weight excluding hydrogens is 358 g/mol. The minimum Gasteiger partial charge on any atom is -0.497 e. The van der Waals surface area contributed by atoms with Crippen molar-refractivity contribution in [3.8, 4) is 5.75 Å². The first-order chi connectivity index (χ1) is 13.6. The molecule has 4 rings (SSSR count). The molecule has 7 heteroatoms. The predicted molar refractivity (Wildman–Crippen MR) is 103 cm³/mol. The van der Waals surface area contributed by atoms with Crippen molar-refractivity contribution in [3.63, 3.8) is 0 Å². The van der Waals surface area contributed by atoms with Crippen LogP contribution in [0.25, 0.3) is 10.9 Å². The molecule has 0 radical (unpaired) electrons. The van der Waals surface area contributed by atoms with Crippen molar-refractivity contribution in [3.05, 3.63) is 65.9 Å². The fourth-order valence-electron chi connectivity index (χ4n) is 3.42. The fraction of sp³-hybridized carbons (Fsp3) is 0.190. The number of imide groups is 1. The number of hydrogen-bond acceptors (Lipinski definition) is 4. The van der Waals surface area contributed by atoms with E-state index in [2.05, 4.69) is 10.3 Å². The summed E-state index contributed by atoms with van der Waals surface area (Å²) in [4.78, 5) is 41.7. The zero-order valence-corrected chi connectivity index (χ0v) is 15.3. The molecule has 28 heavy (non-hydrogen) atoms. The van der Waals surface area contributed by atoms with Gasteiger partial charge in [-0.05, 0) is 23.8 Å². The smallest absolute Gasteiger partial charge is 0.325 e. The van der Waals surface area contributed by atoms with Gasteiger partial charge in [0.15, 0.2) is 5.78 Å². The van der Waals surface area contributed by atoms with E-state index in [4.69, 9.17) is 4.74 Å². The van der Waals surface area contributed by atoms with Crippen LogP contribution in [-0.2, 0) is 11.2 Å². The topological polar surface area (TPSA) is 91.5 Å². The lowest BCUT2D eigenvalue weighted by atomic mass is 10.0. The Morgan fingerprint density at radius 1 is 1.14 bits per heavy atom. The van der Waals surface area contributed by atoms with Crippen LogP contribution in [0.5, 0.6) is 5.75 Å². The first kappa shape index (κ1) is 17.8. The van der Waals surface area contributed by atoms with E-state index in [1.165, 1.54) is 7.11 Å². The standard InChI is InChI=1S/C21H19N3O4/c1-28-15-6-4-5-13(9-15)19(25)12-24-20(26)18(23-21(24)27)10-14-11-22-17-8-3-2-7-16(14)17/h2-9,11,18,22H,10,12H2,1H3,(H,23,27)/t18-/m1/s1. The number of para-hydroxylation sites is 1. The van der Waals surface area contributed by atoms with Gasteiger partial charge in [-0.25, -0.2) is 4.79 Å². The van der Waals surface area contributed by atoms with Crippen LogP contribution in [0.15, 0.2) is 54.7 Å². The molecule has 7 nitrogen and oxygen atoms in total. The van der Waals surface area contributed by atoms with Crippen LogP contribution in [0, 0.1) is 0 Å². The number of Topliss-reactive ketones (excluding diaryl/α,β-unsaturated/α-hetero) is 1.